The zero-order valence-corrected chi connectivity index (χ0v) is 11.9. The van der Waals surface area contributed by atoms with Gasteiger partial charge >= 0.3 is 0 Å². The van der Waals surface area contributed by atoms with Crippen LogP contribution in [0.3, 0.4) is 0 Å². The Balaban J connectivity index is 0.00000324. The number of rotatable bonds is 5. The molecule has 0 aromatic heterocycles. The first-order valence-electron chi connectivity index (χ1n) is 5.91. The van der Waals surface area contributed by atoms with E-state index in [-0.39, 0.29) is 30.8 Å². The van der Waals surface area contributed by atoms with Crippen LogP contribution in [0.1, 0.15) is 20.3 Å². The van der Waals surface area contributed by atoms with E-state index in [4.69, 9.17) is 5.73 Å². The Morgan fingerprint density at radius 3 is 1.84 bits per heavy atom. The molecule has 0 radical (unpaired) electrons. The fourth-order valence-corrected chi connectivity index (χ4v) is 1.43. The molecule has 106 valence electrons. The van der Waals surface area contributed by atoms with Gasteiger partial charge in [-0.3, -0.25) is 9.59 Å². The second kappa shape index (κ2) is 8.50. The Hall–Kier alpha value is -1.59. The molecule has 6 heteroatoms. The number of halogens is 1. The standard InChI is InChI=1S/C13H19N3O2.ClH/c1-9(2)7-12(17)15-10-3-5-11(6-4-10)16-13(18)8-14;/h3-6,9H,7-8,14H2,1-2H3,(H,15,17)(H,16,18);1H. The van der Waals surface area contributed by atoms with Crippen molar-refractivity contribution < 1.29 is 9.59 Å². The zero-order valence-electron chi connectivity index (χ0n) is 11.1. The summed E-state index contributed by atoms with van der Waals surface area (Å²) in [7, 11) is 0. The highest BCUT2D eigenvalue weighted by Crippen LogP contribution is 2.14. The van der Waals surface area contributed by atoms with E-state index in [0.717, 1.165) is 0 Å². The van der Waals surface area contributed by atoms with Crippen molar-refractivity contribution in [3.63, 3.8) is 0 Å². The number of carbonyl (C=O) groups is 2. The first-order chi connectivity index (χ1) is 8.51. The summed E-state index contributed by atoms with van der Waals surface area (Å²) in [6.07, 6.45) is 0.492. The summed E-state index contributed by atoms with van der Waals surface area (Å²) >= 11 is 0. The minimum atomic E-state index is -0.244. The van der Waals surface area contributed by atoms with E-state index in [9.17, 15) is 9.59 Å². The fourth-order valence-electron chi connectivity index (χ4n) is 1.43. The van der Waals surface area contributed by atoms with Crippen molar-refractivity contribution in [2.45, 2.75) is 20.3 Å². The minimum Gasteiger partial charge on any atom is -0.326 e. The van der Waals surface area contributed by atoms with Gasteiger partial charge in [-0.2, -0.15) is 0 Å². The summed E-state index contributed by atoms with van der Waals surface area (Å²) in [6, 6.07) is 6.92. The summed E-state index contributed by atoms with van der Waals surface area (Å²) in [5.41, 5.74) is 6.57. The molecule has 5 nitrogen and oxygen atoms in total. The first kappa shape index (κ1) is 17.4. The zero-order chi connectivity index (χ0) is 13.5. The van der Waals surface area contributed by atoms with Gasteiger partial charge < -0.3 is 16.4 Å². The summed E-state index contributed by atoms with van der Waals surface area (Å²) in [5, 5.41) is 5.42. The predicted molar refractivity (Wildman–Crippen MR) is 79.5 cm³/mol. The van der Waals surface area contributed by atoms with Crippen molar-refractivity contribution in [2.75, 3.05) is 17.2 Å². The molecule has 0 unspecified atom stereocenters. The molecular formula is C13H20ClN3O2. The van der Waals surface area contributed by atoms with Gasteiger partial charge in [-0.25, -0.2) is 0 Å². The Labute approximate surface area is 119 Å². The van der Waals surface area contributed by atoms with Crippen LogP contribution in [-0.4, -0.2) is 18.4 Å². The van der Waals surface area contributed by atoms with Crippen molar-refractivity contribution in [1.29, 1.82) is 0 Å². The van der Waals surface area contributed by atoms with Gasteiger partial charge in [-0.15, -0.1) is 12.4 Å². The average molecular weight is 286 g/mol. The van der Waals surface area contributed by atoms with Crippen LogP contribution in [0, 0.1) is 5.92 Å². The first-order valence-corrected chi connectivity index (χ1v) is 5.91. The highest BCUT2D eigenvalue weighted by Gasteiger charge is 2.05. The summed E-state index contributed by atoms with van der Waals surface area (Å²) in [4.78, 5) is 22.6. The predicted octanol–water partition coefficient (Wildman–Crippen LogP) is 1.99. The number of benzene rings is 1. The maximum Gasteiger partial charge on any atom is 0.238 e. The fraction of sp³-hybridized carbons (Fsp3) is 0.385. The lowest BCUT2D eigenvalue weighted by molar-refractivity contribution is -0.117. The van der Waals surface area contributed by atoms with Gasteiger partial charge in [0.25, 0.3) is 0 Å². The van der Waals surface area contributed by atoms with E-state index in [1.54, 1.807) is 24.3 Å². The molecule has 0 atom stereocenters. The molecule has 1 aromatic carbocycles. The van der Waals surface area contributed by atoms with Crippen LogP contribution in [-0.2, 0) is 9.59 Å². The highest BCUT2D eigenvalue weighted by atomic mass is 35.5. The summed E-state index contributed by atoms with van der Waals surface area (Å²) in [6.45, 7) is 3.93. The molecule has 0 spiro atoms. The number of carbonyl (C=O) groups excluding carboxylic acids is 2. The minimum absolute atomic E-state index is 0. The van der Waals surface area contributed by atoms with E-state index in [1.807, 2.05) is 13.8 Å². The molecule has 0 aliphatic rings. The van der Waals surface area contributed by atoms with E-state index >= 15 is 0 Å². The van der Waals surface area contributed by atoms with Gasteiger partial charge in [-0.05, 0) is 30.2 Å². The van der Waals surface area contributed by atoms with Crippen LogP contribution in [0.5, 0.6) is 0 Å². The van der Waals surface area contributed by atoms with Gasteiger partial charge in [0.2, 0.25) is 11.8 Å². The van der Waals surface area contributed by atoms with Gasteiger partial charge in [0.05, 0.1) is 6.54 Å². The molecule has 0 saturated carbocycles. The number of anilines is 2. The molecule has 1 rings (SSSR count). The molecule has 0 saturated heterocycles. The van der Waals surface area contributed by atoms with E-state index in [1.165, 1.54) is 0 Å². The van der Waals surface area contributed by atoms with Crippen LogP contribution in [0.15, 0.2) is 24.3 Å². The van der Waals surface area contributed by atoms with Crippen LogP contribution in [0.2, 0.25) is 0 Å². The summed E-state index contributed by atoms with van der Waals surface area (Å²) in [5.74, 6) is 0.0726. The van der Waals surface area contributed by atoms with Crippen molar-refractivity contribution in [2.24, 2.45) is 11.7 Å². The molecule has 0 aliphatic carbocycles. The van der Waals surface area contributed by atoms with Gasteiger partial charge in [0.1, 0.15) is 0 Å². The number of nitrogens with one attached hydrogen (secondary N) is 2. The normalized spacial score (nSPS) is 9.68. The lowest BCUT2D eigenvalue weighted by Crippen LogP contribution is -2.21. The van der Waals surface area contributed by atoms with E-state index in [0.29, 0.717) is 23.7 Å². The molecule has 1 aromatic rings. The van der Waals surface area contributed by atoms with Crippen molar-refractivity contribution in [1.82, 2.24) is 0 Å². The van der Waals surface area contributed by atoms with Crippen molar-refractivity contribution >= 4 is 35.6 Å². The lowest BCUT2D eigenvalue weighted by Gasteiger charge is -2.08. The van der Waals surface area contributed by atoms with Gasteiger partial charge in [0.15, 0.2) is 0 Å². The van der Waals surface area contributed by atoms with Gasteiger partial charge in [-0.1, -0.05) is 13.8 Å². The van der Waals surface area contributed by atoms with Crippen LogP contribution < -0.4 is 16.4 Å². The molecule has 0 heterocycles. The lowest BCUT2D eigenvalue weighted by atomic mass is 10.1. The molecule has 4 N–H and O–H groups in total. The largest absolute Gasteiger partial charge is 0.326 e. The van der Waals surface area contributed by atoms with E-state index in [2.05, 4.69) is 10.6 Å². The molecule has 0 aliphatic heterocycles. The third kappa shape index (κ3) is 6.79. The van der Waals surface area contributed by atoms with Crippen LogP contribution in [0.4, 0.5) is 11.4 Å². The quantitative estimate of drug-likeness (QED) is 0.773. The number of amides is 2. The Morgan fingerprint density at radius 1 is 1.05 bits per heavy atom. The molecule has 19 heavy (non-hydrogen) atoms. The topological polar surface area (TPSA) is 84.2 Å². The second-order valence-electron chi connectivity index (χ2n) is 4.48. The third-order valence-electron chi connectivity index (χ3n) is 2.23. The van der Waals surface area contributed by atoms with E-state index < -0.39 is 0 Å². The molecule has 2 amide bonds. The van der Waals surface area contributed by atoms with Crippen LogP contribution in [0.25, 0.3) is 0 Å². The molecule has 0 fully saturated rings. The van der Waals surface area contributed by atoms with Crippen molar-refractivity contribution in [3.8, 4) is 0 Å². The molecule has 0 bridgehead atoms. The Morgan fingerprint density at radius 2 is 1.47 bits per heavy atom. The molecular weight excluding hydrogens is 266 g/mol. The Bertz CT molecular complexity index is 418. The Kier molecular flexibility index (Phi) is 7.79. The highest BCUT2D eigenvalue weighted by molar-refractivity contribution is 5.93. The summed E-state index contributed by atoms with van der Waals surface area (Å²) < 4.78 is 0. The second-order valence-corrected chi connectivity index (χ2v) is 4.48. The number of hydrogen-bond acceptors (Lipinski definition) is 3. The SMILES string of the molecule is CC(C)CC(=O)Nc1ccc(NC(=O)CN)cc1.Cl. The monoisotopic (exact) mass is 285 g/mol. The number of nitrogens with two attached hydrogens (primary N) is 1. The number of hydrogen-bond donors (Lipinski definition) is 3. The smallest absolute Gasteiger partial charge is 0.238 e. The van der Waals surface area contributed by atoms with Crippen LogP contribution >= 0.6 is 12.4 Å². The van der Waals surface area contributed by atoms with Crippen molar-refractivity contribution in [3.05, 3.63) is 24.3 Å². The van der Waals surface area contributed by atoms with Gasteiger partial charge in [0, 0.05) is 17.8 Å². The average Bonchev–Trinajstić information content (AvgIpc) is 2.30. The third-order valence-corrected chi connectivity index (χ3v) is 2.23. The maximum atomic E-state index is 11.5. The maximum absolute atomic E-state index is 11.5.